The number of rotatable bonds is 7. The van der Waals surface area contributed by atoms with Crippen LogP contribution in [0.2, 0.25) is 0 Å². The molecule has 272 valence electrons. The number of hydrogen-bond acceptors (Lipinski definition) is 4. The van der Waals surface area contributed by atoms with Gasteiger partial charge in [0, 0.05) is 52.6 Å². The third-order valence-electron chi connectivity index (χ3n) is 10.5. The standard InChI is InChI=1S/C47H58N4O/c1-32-43(47(12,13)34-18-15-14-16-19-34)33(2)51(48-32)38-20-17-21-41(29-38)52-42-28-37(46(9,10)11)27-40(30-42)50-23-22-49(31-50)39-25-35(44(3,4)5)24-36(26-39)45(6,7)8/h14-30H,31H2,1-13H3. The highest BCUT2D eigenvalue weighted by molar-refractivity contribution is 5.64. The molecule has 0 atom stereocenters. The van der Waals surface area contributed by atoms with Gasteiger partial charge < -0.3 is 14.5 Å². The number of ether oxygens (including phenoxy) is 1. The maximum absolute atomic E-state index is 6.70. The Morgan fingerprint density at radius 3 is 1.60 bits per heavy atom. The molecule has 6 rings (SSSR count). The van der Waals surface area contributed by atoms with Crippen molar-refractivity contribution in [2.24, 2.45) is 0 Å². The van der Waals surface area contributed by atoms with Crippen LogP contribution >= 0.6 is 0 Å². The van der Waals surface area contributed by atoms with Gasteiger partial charge in [0.15, 0.2) is 0 Å². The molecule has 0 amide bonds. The van der Waals surface area contributed by atoms with Gasteiger partial charge in [0.25, 0.3) is 0 Å². The fourth-order valence-corrected chi connectivity index (χ4v) is 7.25. The highest BCUT2D eigenvalue weighted by atomic mass is 16.5. The molecule has 1 aliphatic heterocycles. The van der Waals surface area contributed by atoms with Crippen molar-refractivity contribution in [1.82, 2.24) is 9.78 Å². The van der Waals surface area contributed by atoms with Gasteiger partial charge >= 0.3 is 0 Å². The molecule has 0 unspecified atom stereocenters. The van der Waals surface area contributed by atoms with E-state index in [1.54, 1.807) is 0 Å². The van der Waals surface area contributed by atoms with Crippen LogP contribution in [-0.4, -0.2) is 16.4 Å². The van der Waals surface area contributed by atoms with Crippen molar-refractivity contribution in [3.05, 3.63) is 143 Å². The third kappa shape index (κ3) is 7.55. The summed E-state index contributed by atoms with van der Waals surface area (Å²) in [5, 5.41) is 5.04. The van der Waals surface area contributed by atoms with Gasteiger partial charge in [0.1, 0.15) is 11.5 Å². The number of aryl methyl sites for hydroxylation is 1. The molecule has 5 nitrogen and oxygen atoms in total. The second-order valence-corrected chi connectivity index (χ2v) is 18.2. The van der Waals surface area contributed by atoms with Crippen molar-refractivity contribution in [2.45, 2.75) is 112 Å². The van der Waals surface area contributed by atoms with Crippen LogP contribution < -0.4 is 14.5 Å². The van der Waals surface area contributed by atoms with E-state index in [-0.39, 0.29) is 21.7 Å². The lowest BCUT2D eigenvalue weighted by Crippen LogP contribution is -2.26. The van der Waals surface area contributed by atoms with E-state index >= 15 is 0 Å². The van der Waals surface area contributed by atoms with E-state index in [0.717, 1.165) is 40.9 Å². The predicted molar refractivity (Wildman–Crippen MR) is 220 cm³/mol. The normalized spacial score (nSPS) is 14.0. The topological polar surface area (TPSA) is 33.5 Å². The van der Waals surface area contributed by atoms with Crippen LogP contribution in [-0.2, 0) is 21.7 Å². The lowest BCUT2D eigenvalue weighted by molar-refractivity contribution is 0.478. The van der Waals surface area contributed by atoms with Crippen molar-refractivity contribution in [2.75, 3.05) is 16.5 Å². The van der Waals surface area contributed by atoms with E-state index in [4.69, 9.17) is 9.84 Å². The minimum Gasteiger partial charge on any atom is -0.457 e. The van der Waals surface area contributed by atoms with Crippen LogP contribution in [0, 0.1) is 13.8 Å². The van der Waals surface area contributed by atoms with Crippen LogP contribution in [0.15, 0.2) is 103 Å². The Labute approximate surface area is 313 Å². The Morgan fingerprint density at radius 1 is 0.519 bits per heavy atom. The van der Waals surface area contributed by atoms with E-state index in [1.807, 2.05) is 6.07 Å². The molecule has 5 aromatic rings. The first kappa shape index (κ1) is 37.0. The van der Waals surface area contributed by atoms with Crippen LogP contribution in [0.4, 0.5) is 11.4 Å². The summed E-state index contributed by atoms with van der Waals surface area (Å²) in [5.74, 6) is 1.59. The highest BCUT2D eigenvalue weighted by Crippen LogP contribution is 2.39. The lowest BCUT2D eigenvalue weighted by atomic mass is 9.77. The summed E-state index contributed by atoms with van der Waals surface area (Å²) in [7, 11) is 0. The molecule has 0 saturated carbocycles. The van der Waals surface area contributed by atoms with Crippen molar-refractivity contribution < 1.29 is 4.74 Å². The number of benzene rings is 4. The number of hydrogen-bond donors (Lipinski definition) is 0. The first-order chi connectivity index (χ1) is 24.2. The summed E-state index contributed by atoms with van der Waals surface area (Å²) in [5.41, 5.74) is 11.8. The SMILES string of the molecule is Cc1nn(-c2cccc(Oc3cc(N4C=CN(c5cc(C(C)(C)C)cc(C(C)(C)C)c5)C4)cc(C(C)(C)C)c3)c2)c(C)c1C(C)(C)c1ccccc1. The molecule has 0 saturated heterocycles. The average Bonchev–Trinajstić information content (AvgIpc) is 3.68. The van der Waals surface area contributed by atoms with Gasteiger partial charge in [-0.25, -0.2) is 4.68 Å². The Morgan fingerprint density at radius 2 is 1.04 bits per heavy atom. The van der Waals surface area contributed by atoms with Crippen LogP contribution in [0.3, 0.4) is 0 Å². The monoisotopic (exact) mass is 694 g/mol. The van der Waals surface area contributed by atoms with Gasteiger partial charge in [-0.2, -0.15) is 5.10 Å². The van der Waals surface area contributed by atoms with Gasteiger partial charge in [-0.1, -0.05) is 119 Å². The minimum atomic E-state index is -0.185. The second kappa shape index (κ2) is 13.3. The molecule has 2 heterocycles. The molecule has 1 aliphatic rings. The summed E-state index contributed by atoms with van der Waals surface area (Å²) in [6.07, 6.45) is 4.38. The van der Waals surface area contributed by atoms with E-state index in [0.29, 0.717) is 0 Å². The van der Waals surface area contributed by atoms with Crippen LogP contribution in [0.5, 0.6) is 11.5 Å². The molecule has 1 aromatic heterocycles. The zero-order valence-corrected chi connectivity index (χ0v) is 33.7. The van der Waals surface area contributed by atoms with Gasteiger partial charge in [0.05, 0.1) is 18.1 Å². The van der Waals surface area contributed by atoms with Crippen LogP contribution in [0.1, 0.15) is 115 Å². The molecular formula is C47H58N4O. The molecule has 0 fully saturated rings. The molecule has 4 aromatic carbocycles. The molecule has 0 N–H and O–H groups in total. The Bertz CT molecular complexity index is 2070. The Hall–Kier alpha value is -4.77. The Balaban J connectivity index is 1.30. The van der Waals surface area contributed by atoms with E-state index in [1.165, 1.54) is 33.5 Å². The highest BCUT2D eigenvalue weighted by Gasteiger charge is 2.30. The van der Waals surface area contributed by atoms with Gasteiger partial charge in [-0.05, 0) is 88.7 Å². The van der Waals surface area contributed by atoms with Gasteiger partial charge in [0.2, 0.25) is 0 Å². The summed E-state index contributed by atoms with van der Waals surface area (Å²) in [6.45, 7) is 30.1. The molecule has 52 heavy (non-hydrogen) atoms. The van der Waals surface area contributed by atoms with Crippen molar-refractivity contribution >= 4 is 11.4 Å². The van der Waals surface area contributed by atoms with Gasteiger partial charge in [-0.15, -0.1) is 0 Å². The van der Waals surface area contributed by atoms with Crippen molar-refractivity contribution in [3.8, 4) is 17.2 Å². The lowest BCUT2D eigenvalue weighted by Gasteiger charge is -2.29. The molecular weight excluding hydrogens is 637 g/mol. The smallest absolute Gasteiger partial charge is 0.129 e. The summed E-state index contributed by atoms with van der Waals surface area (Å²) >= 11 is 0. The van der Waals surface area contributed by atoms with E-state index in [9.17, 15) is 0 Å². The quantitative estimate of drug-likeness (QED) is 0.170. The van der Waals surface area contributed by atoms with Crippen LogP contribution in [0.25, 0.3) is 5.69 Å². The fourth-order valence-electron chi connectivity index (χ4n) is 7.25. The molecule has 5 heteroatoms. The van der Waals surface area contributed by atoms with Crippen molar-refractivity contribution in [3.63, 3.8) is 0 Å². The number of anilines is 2. The average molecular weight is 695 g/mol. The molecule has 0 bridgehead atoms. The first-order valence-electron chi connectivity index (χ1n) is 18.7. The summed E-state index contributed by atoms with van der Waals surface area (Å²) < 4.78 is 8.76. The maximum Gasteiger partial charge on any atom is 0.129 e. The Kier molecular flexibility index (Phi) is 9.49. The summed E-state index contributed by atoms with van der Waals surface area (Å²) in [4.78, 5) is 4.66. The van der Waals surface area contributed by atoms with Gasteiger partial charge in [-0.3, -0.25) is 0 Å². The minimum absolute atomic E-state index is 0.0553. The second-order valence-electron chi connectivity index (χ2n) is 18.2. The first-order valence-corrected chi connectivity index (χ1v) is 18.7. The zero-order valence-electron chi connectivity index (χ0n) is 33.7. The zero-order chi connectivity index (χ0) is 37.8. The predicted octanol–water partition coefficient (Wildman–Crippen LogP) is 12.3. The van der Waals surface area contributed by atoms with E-state index < -0.39 is 0 Å². The molecule has 0 aliphatic carbocycles. The third-order valence-corrected chi connectivity index (χ3v) is 10.5. The number of nitrogens with zero attached hydrogens (tertiary/aromatic N) is 4. The largest absolute Gasteiger partial charge is 0.457 e. The molecule has 0 spiro atoms. The van der Waals surface area contributed by atoms with Crippen molar-refractivity contribution in [1.29, 1.82) is 0 Å². The fraction of sp³-hybridized carbons (Fsp3) is 0.383. The summed E-state index contributed by atoms with van der Waals surface area (Å²) in [6, 6.07) is 32.7. The maximum atomic E-state index is 6.70. The molecule has 0 radical (unpaired) electrons. The van der Waals surface area contributed by atoms with E-state index in [2.05, 4.69) is 202 Å². The number of aromatic nitrogens is 2.